The lowest BCUT2D eigenvalue weighted by Gasteiger charge is -2.16. The molecule has 1 heterocycles. The van der Waals surface area contributed by atoms with Gasteiger partial charge in [-0.1, -0.05) is 29.8 Å². The Morgan fingerprint density at radius 3 is 2.41 bits per heavy atom. The second-order valence-corrected chi connectivity index (χ2v) is 7.32. The predicted molar refractivity (Wildman–Crippen MR) is 110 cm³/mol. The summed E-state index contributed by atoms with van der Waals surface area (Å²) in [5.74, 6) is -0.864. The van der Waals surface area contributed by atoms with Crippen molar-refractivity contribution in [3.63, 3.8) is 0 Å². The van der Waals surface area contributed by atoms with Crippen LogP contribution in [0.25, 0.3) is 6.08 Å². The van der Waals surface area contributed by atoms with Gasteiger partial charge in [0, 0.05) is 20.6 Å². The Morgan fingerprint density at radius 2 is 1.78 bits per heavy atom. The quantitative estimate of drug-likeness (QED) is 0.387. The first-order valence-electron chi connectivity index (χ1n) is 7.87. The van der Waals surface area contributed by atoms with Gasteiger partial charge in [-0.15, -0.1) is 0 Å². The molecule has 0 saturated carbocycles. The minimum Gasteiger partial charge on any atom is -0.496 e. The predicted octanol–water partition coefficient (Wildman–Crippen LogP) is 3.29. The van der Waals surface area contributed by atoms with Crippen molar-refractivity contribution in [1.29, 1.82) is 0 Å². The Hall–Kier alpha value is -2.39. The summed E-state index contributed by atoms with van der Waals surface area (Å²) in [5, 5.41) is 4.76. The number of barbiturate groups is 1. The Balaban J connectivity index is 1.98. The highest BCUT2D eigenvalue weighted by Crippen LogP contribution is 2.31. The number of hydrogen-bond acceptors (Lipinski definition) is 4. The largest absolute Gasteiger partial charge is 0.496 e. The molecule has 27 heavy (non-hydrogen) atoms. The smallest absolute Gasteiger partial charge is 0.328 e. The molecule has 1 fully saturated rings. The molecule has 0 aromatic heterocycles. The van der Waals surface area contributed by atoms with Crippen molar-refractivity contribution in [2.45, 2.75) is 6.42 Å². The SMILES string of the molecule is COc1cc(C=C2C(=O)NC(=O)NC2=O)cc(I)c1Cc1ccccc1Cl. The molecule has 0 radical (unpaired) electrons. The van der Waals surface area contributed by atoms with E-state index in [0.717, 1.165) is 14.7 Å². The van der Waals surface area contributed by atoms with Gasteiger partial charge < -0.3 is 4.74 Å². The first-order chi connectivity index (χ1) is 12.9. The summed E-state index contributed by atoms with van der Waals surface area (Å²) in [5.41, 5.74) is 2.37. The summed E-state index contributed by atoms with van der Waals surface area (Å²) >= 11 is 8.43. The summed E-state index contributed by atoms with van der Waals surface area (Å²) in [6.07, 6.45) is 1.99. The third-order valence-corrected chi connectivity index (χ3v) is 5.31. The van der Waals surface area contributed by atoms with E-state index >= 15 is 0 Å². The zero-order valence-corrected chi connectivity index (χ0v) is 17.1. The van der Waals surface area contributed by atoms with Crippen molar-refractivity contribution in [2.75, 3.05) is 7.11 Å². The van der Waals surface area contributed by atoms with Gasteiger partial charge in [0.05, 0.1) is 7.11 Å². The fourth-order valence-corrected chi connectivity index (χ4v) is 3.69. The molecule has 2 N–H and O–H groups in total. The number of hydrogen-bond donors (Lipinski definition) is 2. The highest BCUT2D eigenvalue weighted by molar-refractivity contribution is 14.1. The summed E-state index contributed by atoms with van der Waals surface area (Å²) in [4.78, 5) is 35.0. The van der Waals surface area contributed by atoms with E-state index in [1.165, 1.54) is 6.08 Å². The lowest BCUT2D eigenvalue weighted by Crippen LogP contribution is -2.51. The first kappa shape index (κ1) is 19.4. The third-order valence-electron chi connectivity index (χ3n) is 3.98. The Morgan fingerprint density at radius 1 is 1.11 bits per heavy atom. The maximum atomic E-state index is 11.9. The number of nitrogens with one attached hydrogen (secondary N) is 2. The first-order valence-corrected chi connectivity index (χ1v) is 9.33. The maximum Gasteiger partial charge on any atom is 0.328 e. The number of rotatable bonds is 4. The molecule has 2 aromatic rings. The molecule has 4 amide bonds. The molecule has 1 saturated heterocycles. The molecule has 1 aliphatic rings. The molecule has 0 atom stereocenters. The van der Waals surface area contributed by atoms with Gasteiger partial charge in [0.25, 0.3) is 11.8 Å². The minimum atomic E-state index is -0.829. The highest BCUT2D eigenvalue weighted by Gasteiger charge is 2.27. The van der Waals surface area contributed by atoms with Crippen LogP contribution in [-0.2, 0) is 16.0 Å². The van der Waals surface area contributed by atoms with E-state index in [4.69, 9.17) is 16.3 Å². The van der Waals surface area contributed by atoms with Gasteiger partial charge in [-0.25, -0.2) is 4.79 Å². The molecule has 3 rings (SSSR count). The highest BCUT2D eigenvalue weighted by atomic mass is 127. The van der Waals surface area contributed by atoms with Crippen molar-refractivity contribution in [1.82, 2.24) is 10.6 Å². The van der Waals surface area contributed by atoms with Crippen molar-refractivity contribution < 1.29 is 19.1 Å². The fourth-order valence-electron chi connectivity index (χ4n) is 2.67. The molecular weight excluding hydrogens is 483 g/mol. The summed E-state index contributed by atoms with van der Waals surface area (Å²) in [6.45, 7) is 0. The molecule has 1 aliphatic heterocycles. The van der Waals surface area contributed by atoms with Gasteiger partial charge in [-0.3, -0.25) is 20.2 Å². The lowest BCUT2D eigenvalue weighted by atomic mass is 10.0. The Bertz CT molecular complexity index is 966. The van der Waals surface area contributed by atoms with E-state index < -0.39 is 17.8 Å². The van der Waals surface area contributed by atoms with Crippen LogP contribution in [0.15, 0.2) is 42.0 Å². The second-order valence-electron chi connectivity index (χ2n) is 5.75. The van der Waals surface area contributed by atoms with Crippen molar-refractivity contribution in [3.05, 3.63) is 67.3 Å². The van der Waals surface area contributed by atoms with Gasteiger partial charge in [0.2, 0.25) is 0 Å². The molecule has 0 bridgehead atoms. The number of imide groups is 2. The lowest BCUT2D eigenvalue weighted by molar-refractivity contribution is -0.123. The molecule has 0 spiro atoms. The fraction of sp³-hybridized carbons (Fsp3) is 0.105. The van der Waals surface area contributed by atoms with Crippen LogP contribution in [-0.4, -0.2) is 25.0 Å². The summed E-state index contributed by atoms with van der Waals surface area (Å²) in [6, 6.07) is 10.3. The molecular formula is C19H14ClIN2O4. The number of urea groups is 1. The van der Waals surface area contributed by atoms with Crippen LogP contribution in [0.2, 0.25) is 5.02 Å². The van der Waals surface area contributed by atoms with Crippen molar-refractivity contribution in [3.8, 4) is 5.75 Å². The molecule has 8 heteroatoms. The van der Waals surface area contributed by atoms with Crippen LogP contribution in [0.4, 0.5) is 4.79 Å². The molecule has 138 valence electrons. The van der Waals surface area contributed by atoms with Crippen LogP contribution in [0.5, 0.6) is 5.75 Å². The number of benzene rings is 2. The van der Waals surface area contributed by atoms with Gasteiger partial charge in [-0.05, 0) is 58.0 Å². The number of amides is 4. The zero-order chi connectivity index (χ0) is 19.6. The molecule has 2 aromatic carbocycles. The second kappa shape index (κ2) is 8.10. The van der Waals surface area contributed by atoms with E-state index in [2.05, 4.69) is 22.6 Å². The van der Waals surface area contributed by atoms with E-state index in [1.807, 2.05) is 41.0 Å². The van der Waals surface area contributed by atoms with Gasteiger partial charge in [0.1, 0.15) is 11.3 Å². The van der Waals surface area contributed by atoms with Crippen LogP contribution < -0.4 is 15.4 Å². The van der Waals surface area contributed by atoms with E-state index in [9.17, 15) is 14.4 Å². The molecule has 0 aliphatic carbocycles. The van der Waals surface area contributed by atoms with E-state index in [0.29, 0.717) is 22.8 Å². The zero-order valence-electron chi connectivity index (χ0n) is 14.1. The van der Waals surface area contributed by atoms with Crippen LogP contribution in [0, 0.1) is 3.57 Å². The standard InChI is InChI=1S/C19H14ClIN2O4/c1-27-16-8-10(6-13-17(24)22-19(26)23-18(13)25)7-15(21)12(16)9-11-4-2-3-5-14(11)20/h2-8H,9H2,1H3,(H2,22,23,24,25,26). The van der Waals surface area contributed by atoms with E-state index in [1.54, 1.807) is 13.2 Å². The number of methoxy groups -OCH3 is 1. The summed E-state index contributed by atoms with van der Waals surface area (Å²) in [7, 11) is 1.55. The van der Waals surface area contributed by atoms with Gasteiger partial charge >= 0.3 is 6.03 Å². The minimum absolute atomic E-state index is 0.147. The van der Waals surface area contributed by atoms with Crippen molar-refractivity contribution in [2.24, 2.45) is 0 Å². The van der Waals surface area contributed by atoms with Crippen LogP contribution in [0.3, 0.4) is 0 Å². The number of carbonyl (C=O) groups excluding carboxylic acids is 3. The van der Waals surface area contributed by atoms with Crippen molar-refractivity contribution >= 4 is 58.1 Å². The number of halogens is 2. The Kier molecular flexibility index (Phi) is 5.81. The summed E-state index contributed by atoms with van der Waals surface area (Å²) < 4.78 is 6.40. The average molecular weight is 497 g/mol. The number of ether oxygens (including phenoxy) is 1. The Labute approximate surface area is 174 Å². The maximum absolute atomic E-state index is 11.9. The molecule has 0 unspecified atom stereocenters. The van der Waals surface area contributed by atoms with Gasteiger partial charge in [0.15, 0.2) is 0 Å². The van der Waals surface area contributed by atoms with Crippen LogP contribution in [0.1, 0.15) is 16.7 Å². The average Bonchev–Trinajstić information content (AvgIpc) is 2.61. The third kappa shape index (κ3) is 4.30. The monoisotopic (exact) mass is 496 g/mol. The van der Waals surface area contributed by atoms with Gasteiger partial charge in [-0.2, -0.15) is 0 Å². The molecule has 6 nitrogen and oxygen atoms in total. The van der Waals surface area contributed by atoms with E-state index in [-0.39, 0.29) is 5.57 Å². The normalized spacial score (nSPS) is 13.9. The number of carbonyl (C=O) groups is 3. The van der Waals surface area contributed by atoms with Crippen LogP contribution >= 0.6 is 34.2 Å². The topological polar surface area (TPSA) is 84.5 Å².